The van der Waals surface area contributed by atoms with Gasteiger partial charge >= 0.3 is 0 Å². The van der Waals surface area contributed by atoms with Crippen LogP contribution in [0.5, 0.6) is 0 Å². The molecule has 1 aliphatic heterocycles. The molecule has 0 bridgehead atoms. The van der Waals surface area contributed by atoms with Gasteiger partial charge in [0.15, 0.2) is 11.5 Å². The van der Waals surface area contributed by atoms with Gasteiger partial charge in [0.2, 0.25) is 0 Å². The Hall–Kier alpha value is -1.69. The highest BCUT2D eigenvalue weighted by atomic mass is 32.1. The first-order chi connectivity index (χ1) is 11.4. The predicted octanol–water partition coefficient (Wildman–Crippen LogP) is 3.46. The summed E-state index contributed by atoms with van der Waals surface area (Å²) in [5, 5.41) is 2.83. The van der Waals surface area contributed by atoms with Crippen LogP contribution in [0.1, 0.15) is 57.4 Å². The highest BCUT2D eigenvalue weighted by Crippen LogP contribution is 2.30. The molecular formula is C18H24N2O3S. The van der Waals surface area contributed by atoms with Gasteiger partial charge in [0.1, 0.15) is 10.6 Å². The van der Waals surface area contributed by atoms with Crippen LogP contribution < -0.4 is 0 Å². The zero-order chi connectivity index (χ0) is 17.2. The van der Waals surface area contributed by atoms with E-state index < -0.39 is 5.60 Å². The van der Waals surface area contributed by atoms with Crippen LogP contribution in [0.3, 0.4) is 0 Å². The molecule has 1 aromatic rings. The summed E-state index contributed by atoms with van der Waals surface area (Å²) >= 11 is 1.55. The Morgan fingerprint density at radius 2 is 2.12 bits per heavy atom. The Balaban J connectivity index is 1.83. The van der Waals surface area contributed by atoms with Crippen LogP contribution in [0.25, 0.3) is 0 Å². The molecule has 0 atom stereocenters. The molecule has 6 heteroatoms. The quantitative estimate of drug-likeness (QED) is 0.836. The minimum atomic E-state index is -0.629. The molecule has 0 unspecified atom stereocenters. The monoisotopic (exact) mass is 348 g/mol. The van der Waals surface area contributed by atoms with E-state index in [9.17, 15) is 9.59 Å². The van der Waals surface area contributed by atoms with Crippen LogP contribution in [-0.4, -0.2) is 33.2 Å². The molecule has 1 aromatic heterocycles. The van der Waals surface area contributed by atoms with E-state index >= 15 is 0 Å². The molecule has 2 aliphatic rings. The van der Waals surface area contributed by atoms with Crippen molar-refractivity contribution in [3.05, 3.63) is 28.4 Å². The summed E-state index contributed by atoms with van der Waals surface area (Å²) < 4.78 is 5.83. The number of carbonyl (C=O) groups is 2. The lowest BCUT2D eigenvalue weighted by Crippen LogP contribution is -2.44. The number of rotatable bonds is 4. The molecule has 1 amide bonds. The van der Waals surface area contributed by atoms with Crippen LogP contribution in [0, 0.1) is 0 Å². The van der Waals surface area contributed by atoms with Crippen molar-refractivity contribution < 1.29 is 14.3 Å². The lowest BCUT2D eigenvalue weighted by Gasteiger charge is -2.37. The topological polar surface area (TPSA) is 59.5 Å². The van der Waals surface area contributed by atoms with Gasteiger partial charge in [-0.1, -0.05) is 19.3 Å². The molecule has 1 aliphatic carbocycles. The summed E-state index contributed by atoms with van der Waals surface area (Å²) in [6, 6.07) is 0.194. The van der Waals surface area contributed by atoms with E-state index in [1.165, 1.54) is 12.5 Å². The Bertz CT molecular complexity index is 631. The highest BCUT2D eigenvalue weighted by Gasteiger charge is 2.36. The van der Waals surface area contributed by atoms with Gasteiger partial charge < -0.3 is 9.64 Å². The number of nitrogens with zero attached hydrogens (tertiary/aromatic N) is 2. The van der Waals surface area contributed by atoms with E-state index in [4.69, 9.17) is 4.74 Å². The summed E-state index contributed by atoms with van der Waals surface area (Å²) in [6.07, 6.45) is 8.93. The summed E-state index contributed by atoms with van der Waals surface area (Å²) in [6.45, 7) is 4.17. The van der Waals surface area contributed by atoms with Crippen molar-refractivity contribution in [2.24, 2.45) is 0 Å². The molecule has 2 heterocycles. The minimum absolute atomic E-state index is 0.0487. The molecule has 1 fully saturated rings. The summed E-state index contributed by atoms with van der Waals surface area (Å²) in [7, 11) is 0. The smallest absolute Gasteiger partial charge is 0.289 e. The number of aromatic nitrogens is 1. The van der Waals surface area contributed by atoms with E-state index in [1.807, 2.05) is 24.1 Å². The fourth-order valence-corrected chi connectivity index (χ4v) is 4.08. The zero-order valence-corrected chi connectivity index (χ0v) is 15.1. The van der Waals surface area contributed by atoms with Crippen molar-refractivity contribution in [3.8, 4) is 0 Å². The molecule has 0 N–H and O–H groups in total. The molecule has 24 heavy (non-hydrogen) atoms. The van der Waals surface area contributed by atoms with E-state index in [1.54, 1.807) is 17.5 Å². The second-order valence-corrected chi connectivity index (χ2v) is 8.14. The van der Waals surface area contributed by atoms with Crippen molar-refractivity contribution in [1.29, 1.82) is 0 Å². The van der Waals surface area contributed by atoms with Crippen molar-refractivity contribution in [1.82, 2.24) is 9.88 Å². The van der Waals surface area contributed by atoms with Crippen LogP contribution in [0.4, 0.5) is 0 Å². The van der Waals surface area contributed by atoms with Crippen LogP contribution in [0.15, 0.2) is 23.4 Å². The van der Waals surface area contributed by atoms with E-state index in [0.29, 0.717) is 13.0 Å². The van der Waals surface area contributed by atoms with Crippen LogP contribution >= 0.6 is 11.3 Å². The highest BCUT2D eigenvalue weighted by molar-refractivity contribution is 7.09. The van der Waals surface area contributed by atoms with Crippen molar-refractivity contribution in [3.63, 3.8) is 0 Å². The van der Waals surface area contributed by atoms with E-state index in [-0.39, 0.29) is 23.5 Å². The average Bonchev–Trinajstić information content (AvgIpc) is 3.04. The summed E-state index contributed by atoms with van der Waals surface area (Å²) in [5.74, 6) is -0.0518. The SMILES string of the molecule is CC1(C)CC(=O)C=C(C(=O)N(Cc2nccs2)C2CCCCC2)O1. The standard InChI is InChI=1S/C18H24N2O3S/c1-18(2)11-14(21)10-15(23-18)17(22)20(12-16-19-8-9-24-16)13-6-4-3-5-7-13/h8-10,13H,3-7,11-12H2,1-2H3. The largest absolute Gasteiger partial charge is 0.481 e. The Morgan fingerprint density at radius 1 is 1.38 bits per heavy atom. The van der Waals surface area contributed by atoms with Gasteiger partial charge in [-0.2, -0.15) is 0 Å². The first-order valence-electron chi connectivity index (χ1n) is 8.57. The van der Waals surface area contributed by atoms with E-state index in [0.717, 1.165) is 30.7 Å². The van der Waals surface area contributed by atoms with Gasteiger partial charge in [-0.25, -0.2) is 4.98 Å². The molecule has 0 radical (unpaired) electrons. The van der Waals surface area contributed by atoms with Crippen LogP contribution in [0.2, 0.25) is 0 Å². The number of thiazole rings is 1. The number of ether oxygens (including phenoxy) is 1. The lowest BCUT2D eigenvalue weighted by molar-refractivity contribution is -0.141. The zero-order valence-electron chi connectivity index (χ0n) is 14.3. The number of hydrogen-bond acceptors (Lipinski definition) is 5. The third kappa shape index (κ3) is 4.04. The predicted molar refractivity (Wildman–Crippen MR) is 92.4 cm³/mol. The van der Waals surface area contributed by atoms with Gasteiger partial charge in [0, 0.05) is 30.1 Å². The van der Waals surface area contributed by atoms with Crippen molar-refractivity contribution >= 4 is 23.0 Å². The Morgan fingerprint density at radius 3 is 2.75 bits per heavy atom. The van der Waals surface area contributed by atoms with Gasteiger partial charge in [0.05, 0.1) is 6.54 Å². The molecule has 1 saturated carbocycles. The van der Waals surface area contributed by atoms with Crippen LogP contribution in [-0.2, 0) is 20.9 Å². The second-order valence-electron chi connectivity index (χ2n) is 7.16. The first-order valence-corrected chi connectivity index (χ1v) is 9.45. The normalized spacial score (nSPS) is 21.1. The fraction of sp³-hybridized carbons (Fsp3) is 0.611. The average molecular weight is 348 g/mol. The maximum absolute atomic E-state index is 13.1. The molecular weight excluding hydrogens is 324 g/mol. The summed E-state index contributed by atoms with van der Waals surface area (Å²) in [4.78, 5) is 31.3. The molecule has 3 rings (SSSR count). The molecule has 5 nitrogen and oxygen atoms in total. The van der Waals surface area contributed by atoms with Crippen molar-refractivity contribution in [2.75, 3.05) is 0 Å². The third-order valence-electron chi connectivity index (χ3n) is 4.55. The van der Waals surface area contributed by atoms with Gasteiger partial charge in [0.25, 0.3) is 5.91 Å². The Labute approximate surface area is 146 Å². The van der Waals surface area contributed by atoms with Gasteiger partial charge in [-0.05, 0) is 26.7 Å². The fourth-order valence-electron chi connectivity index (χ4n) is 3.46. The van der Waals surface area contributed by atoms with Gasteiger partial charge in [-0.15, -0.1) is 11.3 Å². The first kappa shape index (κ1) is 17.1. The number of ketones is 1. The molecule has 0 spiro atoms. The number of amides is 1. The maximum atomic E-state index is 13.1. The number of allylic oxidation sites excluding steroid dienone is 1. The maximum Gasteiger partial charge on any atom is 0.289 e. The number of carbonyl (C=O) groups excluding carboxylic acids is 2. The lowest BCUT2D eigenvalue weighted by atomic mass is 9.93. The molecule has 0 saturated heterocycles. The number of hydrogen-bond donors (Lipinski definition) is 0. The third-order valence-corrected chi connectivity index (χ3v) is 5.32. The molecule has 130 valence electrons. The van der Waals surface area contributed by atoms with Gasteiger partial charge in [-0.3, -0.25) is 9.59 Å². The van der Waals surface area contributed by atoms with Crippen molar-refractivity contribution in [2.45, 2.75) is 70.6 Å². The Kier molecular flexibility index (Phi) is 5.04. The molecule has 0 aromatic carbocycles. The minimum Gasteiger partial charge on any atom is -0.481 e. The second kappa shape index (κ2) is 7.05. The summed E-state index contributed by atoms with van der Waals surface area (Å²) in [5.41, 5.74) is -0.629. The van der Waals surface area contributed by atoms with E-state index in [2.05, 4.69) is 4.98 Å².